The van der Waals surface area contributed by atoms with Gasteiger partial charge in [0.05, 0.1) is 6.61 Å². The normalized spacial score (nSPS) is 9.43. The van der Waals surface area contributed by atoms with E-state index in [2.05, 4.69) is 5.32 Å². The summed E-state index contributed by atoms with van der Waals surface area (Å²) in [4.78, 5) is 0. The molecule has 43 valence electrons. The topological polar surface area (TPSA) is 57.9 Å². The van der Waals surface area contributed by atoms with E-state index in [-0.39, 0.29) is 6.61 Å². The largest absolute Gasteiger partial charge is 0.329 e. The molecule has 0 atom stereocenters. The zero-order chi connectivity index (χ0) is 5.54. The number of nitrogens with one attached hydrogen (secondary N) is 1. The van der Waals surface area contributed by atoms with E-state index >= 15 is 0 Å². The van der Waals surface area contributed by atoms with E-state index in [0.29, 0.717) is 13.1 Å². The van der Waals surface area contributed by atoms with Crippen LogP contribution in [-0.2, 0) is 5.11 Å². The van der Waals surface area contributed by atoms with Crippen LogP contribution in [0.15, 0.2) is 0 Å². The van der Waals surface area contributed by atoms with Gasteiger partial charge in [0.15, 0.2) is 0 Å². The Morgan fingerprint density at radius 3 is 2.57 bits per heavy atom. The average Bonchev–Trinajstić information content (AvgIpc) is 1.69. The summed E-state index contributed by atoms with van der Waals surface area (Å²) in [5, 5.41) is 12.5. The van der Waals surface area contributed by atoms with Crippen LogP contribution in [0.2, 0.25) is 0 Å². The predicted molar refractivity (Wildman–Crippen MR) is 27.5 cm³/mol. The summed E-state index contributed by atoms with van der Waals surface area (Å²) >= 11 is 0. The number of hydrogen-bond donors (Lipinski definition) is 2. The highest BCUT2D eigenvalue weighted by Gasteiger charge is 1.78. The van der Waals surface area contributed by atoms with Gasteiger partial charge in [-0.15, -0.1) is 0 Å². The number of hydrogen-bond acceptors (Lipinski definition) is 2. The molecule has 3 nitrogen and oxygen atoms in total. The first-order valence-electron chi connectivity index (χ1n) is 2.40. The van der Waals surface area contributed by atoms with Crippen molar-refractivity contribution in [3.8, 4) is 0 Å². The van der Waals surface area contributed by atoms with Crippen LogP contribution in [0.4, 0.5) is 0 Å². The van der Waals surface area contributed by atoms with E-state index in [4.69, 9.17) is 5.73 Å². The van der Waals surface area contributed by atoms with Crippen LogP contribution >= 0.6 is 0 Å². The molecule has 0 rings (SSSR count). The third-order valence-corrected chi connectivity index (χ3v) is 0.600. The Kier molecular flexibility index (Phi) is 5.78. The first kappa shape index (κ1) is 6.88. The molecule has 0 bridgehead atoms. The van der Waals surface area contributed by atoms with Crippen LogP contribution in [0.1, 0.15) is 0 Å². The molecule has 0 heterocycles. The Bertz CT molecular complexity index is 28.9. The van der Waals surface area contributed by atoms with Crippen LogP contribution < -0.4 is 11.1 Å². The van der Waals surface area contributed by atoms with Crippen molar-refractivity contribution in [2.75, 3.05) is 26.2 Å². The Balaban J connectivity index is 2.45. The van der Waals surface area contributed by atoms with Crippen molar-refractivity contribution in [2.45, 2.75) is 0 Å². The minimum atomic E-state index is -0.0556. The van der Waals surface area contributed by atoms with Crippen LogP contribution in [0.25, 0.3) is 0 Å². The quantitative estimate of drug-likeness (QED) is 0.447. The fourth-order valence-electron chi connectivity index (χ4n) is 0.299. The van der Waals surface area contributed by atoms with Gasteiger partial charge in [0.25, 0.3) is 0 Å². The predicted octanol–water partition coefficient (Wildman–Crippen LogP) is -1.03. The molecule has 7 heavy (non-hydrogen) atoms. The molecule has 0 amide bonds. The second kappa shape index (κ2) is 5.88. The van der Waals surface area contributed by atoms with Crippen molar-refractivity contribution in [3.05, 3.63) is 0 Å². The van der Waals surface area contributed by atoms with Crippen molar-refractivity contribution in [1.82, 2.24) is 5.32 Å². The van der Waals surface area contributed by atoms with Gasteiger partial charge in [-0.1, -0.05) is 0 Å². The van der Waals surface area contributed by atoms with E-state index in [1.165, 1.54) is 0 Å². The Hall–Kier alpha value is -0.120. The van der Waals surface area contributed by atoms with Crippen LogP contribution in [0.5, 0.6) is 0 Å². The van der Waals surface area contributed by atoms with E-state index in [1.54, 1.807) is 0 Å². The molecule has 0 saturated carbocycles. The van der Waals surface area contributed by atoms with Crippen molar-refractivity contribution in [3.63, 3.8) is 0 Å². The summed E-state index contributed by atoms with van der Waals surface area (Å²) in [5.41, 5.74) is 5.10. The molecule has 0 spiro atoms. The van der Waals surface area contributed by atoms with Gasteiger partial charge >= 0.3 is 0 Å². The molecule has 0 aromatic heterocycles. The van der Waals surface area contributed by atoms with E-state index in [1.807, 2.05) is 0 Å². The van der Waals surface area contributed by atoms with Crippen molar-refractivity contribution >= 4 is 0 Å². The van der Waals surface area contributed by atoms with Gasteiger partial charge in [-0.25, -0.2) is 5.11 Å². The van der Waals surface area contributed by atoms with E-state index in [0.717, 1.165) is 6.54 Å². The second-order valence-corrected chi connectivity index (χ2v) is 1.24. The van der Waals surface area contributed by atoms with Gasteiger partial charge < -0.3 is 11.1 Å². The maximum Gasteiger partial charge on any atom is 0.0946 e. The highest BCUT2D eigenvalue weighted by molar-refractivity contribution is 4.42. The van der Waals surface area contributed by atoms with Crippen molar-refractivity contribution in [2.24, 2.45) is 5.73 Å². The molecule has 0 aliphatic carbocycles. The first-order chi connectivity index (χ1) is 3.41. The molecular formula is C4H11N2O. The lowest BCUT2D eigenvalue weighted by atomic mass is 10.6. The first-order valence-corrected chi connectivity index (χ1v) is 2.40. The highest BCUT2D eigenvalue weighted by atomic mass is 16.3. The second-order valence-electron chi connectivity index (χ2n) is 1.24. The van der Waals surface area contributed by atoms with E-state index in [9.17, 15) is 5.11 Å². The van der Waals surface area contributed by atoms with E-state index < -0.39 is 0 Å². The van der Waals surface area contributed by atoms with Gasteiger partial charge in [-0.05, 0) is 0 Å². The molecule has 1 radical (unpaired) electrons. The van der Waals surface area contributed by atoms with Gasteiger partial charge in [0.1, 0.15) is 0 Å². The monoisotopic (exact) mass is 103 g/mol. The summed E-state index contributed by atoms with van der Waals surface area (Å²) in [6.07, 6.45) is 0. The summed E-state index contributed by atoms with van der Waals surface area (Å²) in [6, 6.07) is 0. The third kappa shape index (κ3) is 5.88. The SMILES string of the molecule is NCCNCC[O]. The van der Waals surface area contributed by atoms with Gasteiger partial charge in [-0.2, -0.15) is 0 Å². The zero-order valence-electron chi connectivity index (χ0n) is 4.31. The lowest BCUT2D eigenvalue weighted by molar-refractivity contribution is 0.194. The van der Waals surface area contributed by atoms with Gasteiger partial charge in [0, 0.05) is 19.6 Å². The van der Waals surface area contributed by atoms with Gasteiger partial charge in [0.2, 0.25) is 0 Å². The molecule has 0 fully saturated rings. The molecule has 0 aliphatic rings. The fraction of sp³-hybridized carbons (Fsp3) is 1.00. The van der Waals surface area contributed by atoms with Crippen LogP contribution in [0.3, 0.4) is 0 Å². The zero-order valence-corrected chi connectivity index (χ0v) is 4.31. The molecule has 0 aromatic carbocycles. The Morgan fingerprint density at radius 1 is 1.43 bits per heavy atom. The standard InChI is InChI=1S/C4H11N2O/c5-1-2-6-3-4-7/h6H,1-5H2. The number of nitrogens with two attached hydrogens (primary N) is 1. The molecule has 3 N–H and O–H groups in total. The summed E-state index contributed by atoms with van der Waals surface area (Å²) in [6.45, 7) is 1.85. The highest BCUT2D eigenvalue weighted by Crippen LogP contribution is 1.53. The lowest BCUT2D eigenvalue weighted by Crippen LogP contribution is -2.24. The minimum absolute atomic E-state index is 0.0556. The Morgan fingerprint density at radius 2 is 2.14 bits per heavy atom. The maximum atomic E-state index is 9.70. The summed E-state index contributed by atoms with van der Waals surface area (Å²) in [7, 11) is 0. The smallest absolute Gasteiger partial charge is 0.0946 e. The molecular weight excluding hydrogens is 92.1 g/mol. The average molecular weight is 103 g/mol. The lowest BCUT2D eigenvalue weighted by Gasteiger charge is -1.94. The van der Waals surface area contributed by atoms with Gasteiger partial charge in [-0.3, -0.25) is 0 Å². The van der Waals surface area contributed by atoms with Crippen LogP contribution in [0, 0.1) is 0 Å². The fourth-order valence-corrected chi connectivity index (χ4v) is 0.299. The Labute approximate surface area is 43.5 Å². The van der Waals surface area contributed by atoms with Crippen LogP contribution in [-0.4, -0.2) is 26.2 Å². The maximum absolute atomic E-state index is 9.70. The molecule has 3 heteroatoms. The minimum Gasteiger partial charge on any atom is -0.329 e. The van der Waals surface area contributed by atoms with Crippen molar-refractivity contribution in [1.29, 1.82) is 0 Å². The third-order valence-electron chi connectivity index (χ3n) is 0.600. The summed E-state index contributed by atoms with van der Waals surface area (Å²) < 4.78 is 0. The molecule has 0 saturated heterocycles. The number of rotatable bonds is 4. The molecule has 0 aromatic rings. The summed E-state index contributed by atoms with van der Waals surface area (Å²) in [5.74, 6) is 0. The molecule has 0 unspecified atom stereocenters. The molecule has 0 aliphatic heterocycles. The van der Waals surface area contributed by atoms with Crippen molar-refractivity contribution < 1.29 is 5.11 Å².